The third kappa shape index (κ3) is 2.19. The Kier molecular flexibility index (Phi) is 2.58. The Bertz CT molecular complexity index is 247. The molecule has 0 aromatic heterocycles. The molecule has 0 radical (unpaired) electrons. The summed E-state index contributed by atoms with van der Waals surface area (Å²) < 4.78 is 40.3. The smallest absolute Gasteiger partial charge is 0.429 e. The number of halogens is 3. The minimum absolute atomic E-state index is 0.0848. The molecular weight excluding hydrogens is 187 g/mol. The number of hydrogen-bond donors (Lipinski definition) is 0. The van der Waals surface area contributed by atoms with E-state index in [4.69, 9.17) is 0 Å². The molecule has 0 N–H and O–H groups in total. The Morgan fingerprint density at radius 2 is 2.23 bits per heavy atom. The highest BCUT2D eigenvalue weighted by Gasteiger charge is 2.40. The van der Waals surface area contributed by atoms with Crippen molar-refractivity contribution in [2.45, 2.75) is 25.1 Å². The lowest BCUT2D eigenvalue weighted by Crippen LogP contribution is -2.21. The molecular formula is C7H8F3NO2. The molecule has 1 aliphatic rings. The van der Waals surface area contributed by atoms with Gasteiger partial charge in [-0.2, -0.15) is 13.2 Å². The van der Waals surface area contributed by atoms with Gasteiger partial charge in [0.2, 0.25) is 0 Å². The van der Waals surface area contributed by atoms with E-state index in [2.05, 4.69) is 9.73 Å². The van der Waals surface area contributed by atoms with E-state index in [1.807, 2.05) is 0 Å². The van der Waals surface area contributed by atoms with Gasteiger partial charge in [-0.3, -0.25) is 4.99 Å². The minimum Gasteiger partial charge on any atom is -0.467 e. The van der Waals surface area contributed by atoms with Gasteiger partial charge >= 0.3 is 12.1 Å². The molecule has 3 nitrogen and oxygen atoms in total. The number of hydrogen-bond acceptors (Lipinski definition) is 3. The van der Waals surface area contributed by atoms with Crippen LogP contribution in [-0.4, -0.2) is 31.0 Å². The standard InChI is InChI=1S/C7H8F3NO2/c1-13-6(12)4-2-3-5(11-4)7(8,9)10/h4H,2-3H2,1H3. The molecule has 0 aliphatic carbocycles. The molecule has 0 amide bonds. The maximum Gasteiger partial charge on any atom is 0.429 e. The summed E-state index contributed by atoms with van der Waals surface area (Å²) >= 11 is 0. The van der Waals surface area contributed by atoms with Gasteiger partial charge in [-0.05, 0) is 12.8 Å². The molecule has 6 heteroatoms. The highest BCUT2D eigenvalue weighted by atomic mass is 19.4. The molecule has 74 valence electrons. The number of methoxy groups -OCH3 is 1. The van der Waals surface area contributed by atoms with E-state index in [1.54, 1.807) is 0 Å². The van der Waals surface area contributed by atoms with Gasteiger partial charge in [0.15, 0.2) is 0 Å². The summed E-state index contributed by atoms with van der Waals surface area (Å²) in [7, 11) is 1.13. The number of carbonyl (C=O) groups excluding carboxylic acids is 1. The van der Waals surface area contributed by atoms with Gasteiger partial charge in [-0.1, -0.05) is 0 Å². The third-order valence-corrected chi connectivity index (χ3v) is 1.77. The number of ether oxygens (including phenoxy) is 1. The SMILES string of the molecule is COC(=O)C1CCC(C(F)(F)F)=N1. The Hall–Kier alpha value is -1.07. The van der Waals surface area contributed by atoms with E-state index < -0.39 is 23.9 Å². The first-order valence-corrected chi connectivity index (χ1v) is 3.67. The molecule has 0 aromatic rings. The molecule has 0 saturated carbocycles. The lowest BCUT2D eigenvalue weighted by atomic mass is 10.2. The van der Waals surface area contributed by atoms with Crippen molar-refractivity contribution < 1.29 is 22.7 Å². The van der Waals surface area contributed by atoms with Crippen molar-refractivity contribution >= 4 is 11.7 Å². The first-order chi connectivity index (χ1) is 5.95. The van der Waals surface area contributed by atoms with Crippen molar-refractivity contribution in [3.63, 3.8) is 0 Å². The molecule has 0 aromatic carbocycles. The quantitative estimate of drug-likeness (QED) is 0.592. The third-order valence-electron chi connectivity index (χ3n) is 1.77. The summed E-state index contributed by atoms with van der Waals surface area (Å²) in [5.74, 6) is -0.709. The van der Waals surface area contributed by atoms with Crippen LogP contribution in [0.3, 0.4) is 0 Å². The summed E-state index contributed by atoms with van der Waals surface area (Å²) in [6.07, 6.45) is -4.53. The van der Waals surface area contributed by atoms with Crippen LogP contribution < -0.4 is 0 Å². The lowest BCUT2D eigenvalue weighted by Gasteiger charge is -2.03. The van der Waals surface area contributed by atoms with Crippen LogP contribution in [0.15, 0.2) is 4.99 Å². The van der Waals surface area contributed by atoms with Crippen LogP contribution in [0.1, 0.15) is 12.8 Å². The van der Waals surface area contributed by atoms with Gasteiger partial charge in [0, 0.05) is 0 Å². The van der Waals surface area contributed by atoms with Crippen molar-refractivity contribution in [1.82, 2.24) is 0 Å². The summed E-state index contributed by atoms with van der Waals surface area (Å²) in [5.41, 5.74) is -0.872. The van der Waals surface area contributed by atoms with E-state index in [0.29, 0.717) is 0 Å². The lowest BCUT2D eigenvalue weighted by molar-refractivity contribution is -0.141. The summed E-state index contributed by atoms with van der Waals surface area (Å²) in [5, 5.41) is 0. The number of esters is 1. The monoisotopic (exact) mass is 195 g/mol. The maximum absolute atomic E-state index is 12.0. The van der Waals surface area contributed by atoms with Crippen LogP contribution in [0.25, 0.3) is 0 Å². The van der Waals surface area contributed by atoms with Crippen LogP contribution in [0.5, 0.6) is 0 Å². The van der Waals surface area contributed by atoms with Crippen LogP contribution in [0, 0.1) is 0 Å². The van der Waals surface area contributed by atoms with Gasteiger partial charge in [-0.15, -0.1) is 0 Å². The molecule has 1 unspecified atom stereocenters. The highest BCUT2D eigenvalue weighted by Crippen LogP contribution is 2.27. The van der Waals surface area contributed by atoms with Crippen molar-refractivity contribution in [2.24, 2.45) is 4.99 Å². The number of alkyl halides is 3. The van der Waals surface area contributed by atoms with Crippen molar-refractivity contribution in [3.05, 3.63) is 0 Å². The average Bonchev–Trinajstić information content (AvgIpc) is 2.50. The fourth-order valence-corrected chi connectivity index (χ4v) is 1.11. The fourth-order valence-electron chi connectivity index (χ4n) is 1.11. The Morgan fingerprint density at radius 3 is 2.62 bits per heavy atom. The molecule has 1 rings (SSSR count). The highest BCUT2D eigenvalue weighted by molar-refractivity contribution is 5.94. The second kappa shape index (κ2) is 3.35. The van der Waals surface area contributed by atoms with Crippen LogP contribution in [0.2, 0.25) is 0 Å². The number of aliphatic imine (C=N–C) groups is 1. The van der Waals surface area contributed by atoms with Gasteiger partial charge in [0.1, 0.15) is 11.8 Å². The molecule has 0 fully saturated rings. The van der Waals surface area contributed by atoms with Gasteiger partial charge in [0.05, 0.1) is 7.11 Å². The van der Waals surface area contributed by atoms with Gasteiger partial charge < -0.3 is 4.74 Å². The molecule has 1 heterocycles. The van der Waals surface area contributed by atoms with Crippen molar-refractivity contribution in [1.29, 1.82) is 0 Å². The van der Waals surface area contributed by atoms with E-state index in [-0.39, 0.29) is 12.8 Å². The van der Waals surface area contributed by atoms with E-state index in [9.17, 15) is 18.0 Å². The number of rotatable bonds is 1. The first kappa shape index (κ1) is 10.0. The molecule has 0 bridgehead atoms. The normalized spacial score (nSPS) is 22.8. The van der Waals surface area contributed by atoms with E-state index in [1.165, 1.54) is 0 Å². The summed E-state index contributed by atoms with van der Waals surface area (Å²) in [6, 6.07) is -0.971. The van der Waals surface area contributed by atoms with Crippen LogP contribution in [-0.2, 0) is 9.53 Å². The first-order valence-electron chi connectivity index (χ1n) is 3.67. The number of carbonyl (C=O) groups is 1. The van der Waals surface area contributed by atoms with Crippen LogP contribution >= 0.6 is 0 Å². The Labute approximate surface area is 72.6 Å². The number of nitrogens with zero attached hydrogens (tertiary/aromatic N) is 1. The van der Waals surface area contributed by atoms with Crippen molar-refractivity contribution in [2.75, 3.05) is 7.11 Å². The van der Waals surface area contributed by atoms with Gasteiger partial charge in [0.25, 0.3) is 0 Å². The summed E-state index contributed by atoms with van der Waals surface area (Å²) in [4.78, 5) is 14.0. The molecule has 0 saturated heterocycles. The predicted octanol–water partition coefficient (Wildman–Crippen LogP) is 1.33. The predicted molar refractivity (Wildman–Crippen MR) is 38.5 cm³/mol. The largest absolute Gasteiger partial charge is 0.467 e. The van der Waals surface area contributed by atoms with Gasteiger partial charge in [-0.25, -0.2) is 4.79 Å². The molecule has 13 heavy (non-hydrogen) atoms. The zero-order valence-electron chi connectivity index (χ0n) is 6.89. The minimum atomic E-state index is -4.41. The Morgan fingerprint density at radius 1 is 1.62 bits per heavy atom. The molecule has 0 spiro atoms. The van der Waals surface area contributed by atoms with E-state index >= 15 is 0 Å². The second-order valence-corrected chi connectivity index (χ2v) is 2.65. The zero-order chi connectivity index (χ0) is 10.1. The molecule has 1 atom stereocenters. The Balaban J connectivity index is 2.69. The fraction of sp³-hybridized carbons (Fsp3) is 0.714. The maximum atomic E-state index is 12.0. The van der Waals surface area contributed by atoms with E-state index in [0.717, 1.165) is 7.11 Å². The zero-order valence-corrected chi connectivity index (χ0v) is 6.89. The average molecular weight is 195 g/mol. The topological polar surface area (TPSA) is 38.7 Å². The second-order valence-electron chi connectivity index (χ2n) is 2.65. The molecule has 1 aliphatic heterocycles. The van der Waals surface area contributed by atoms with Crippen LogP contribution in [0.4, 0.5) is 13.2 Å². The van der Waals surface area contributed by atoms with Crippen molar-refractivity contribution in [3.8, 4) is 0 Å². The summed E-state index contributed by atoms with van der Waals surface area (Å²) in [6.45, 7) is 0.